The summed E-state index contributed by atoms with van der Waals surface area (Å²) in [6.07, 6.45) is 0.753. The molecule has 1 unspecified atom stereocenters. The van der Waals surface area contributed by atoms with Gasteiger partial charge in [0.15, 0.2) is 6.23 Å². The molecule has 122 valence electrons. The summed E-state index contributed by atoms with van der Waals surface area (Å²) in [7, 11) is 0. The minimum absolute atomic E-state index is 0.0141. The summed E-state index contributed by atoms with van der Waals surface area (Å²) in [6.45, 7) is 8.25. The lowest BCUT2D eigenvalue weighted by molar-refractivity contribution is -0.187. The maximum absolute atomic E-state index is 12.2. The van der Waals surface area contributed by atoms with E-state index in [0.29, 0.717) is 12.2 Å². The Morgan fingerprint density at radius 1 is 1.55 bits per heavy atom. The van der Waals surface area contributed by atoms with E-state index in [2.05, 4.69) is 25.8 Å². The molecular formula is C15H23N3O4. The molecule has 2 bridgehead atoms. The topological polar surface area (TPSA) is 99.6 Å². The number of ether oxygens (including phenoxy) is 2. The van der Waals surface area contributed by atoms with Crippen LogP contribution in [0.1, 0.15) is 32.6 Å². The van der Waals surface area contributed by atoms with Crippen LogP contribution in [0.15, 0.2) is 11.0 Å². The first kappa shape index (κ1) is 15.5. The van der Waals surface area contributed by atoms with E-state index in [-0.39, 0.29) is 29.9 Å². The molecule has 0 saturated carbocycles. The smallest absolute Gasteiger partial charge is 0.351 e. The van der Waals surface area contributed by atoms with E-state index in [4.69, 9.17) is 15.2 Å². The van der Waals surface area contributed by atoms with E-state index < -0.39 is 17.5 Å². The molecule has 3 heterocycles. The number of aryl methyl sites for hydroxylation is 1. The molecule has 7 heteroatoms. The Bertz CT molecular complexity index is 651. The van der Waals surface area contributed by atoms with Crippen LogP contribution in [0.4, 0.5) is 5.82 Å². The number of aliphatic hydroxyl groups excluding tert-OH is 1. The fraction of sp³-hybridized carbons (Fsp3) is 0.733. The SMILES string of the molecule is Cc1cn([C@@H]2O[C@@]3(CO)CO[C@H]2C3C(C)(C)C)c(=O)nc1N. The predicted molar refractivity (Wildman–Crippen MR) is 80.3 cm³/mol. The molecule has 2 aliphatic heterocycles. The minimum Gasteiger partial charge on any atom is -0.393 e. The Balaban J connectivity index is 2.06. The van der Waals surface area contributed by atoms with Crippen molar-refractivity contribution in [2.24, 2.45) is 11.3 Å². The molecule has 2 saturated heterocycles. The van der Waals surface area contributed by atoms with Gasteiger partial charge in [0.1, 0.15) is 17.5 Å². The Labute approximate surface area is 129 Å². The fourth-order valence-corrected chi connectivity index (χ4v) is 3.82. The lowest BCUT2D eigenvalue weighted by Gasteiger charge is -2.35. The third-order valence-electron chi connectivity index (χ3n) is 4.70. The lowest BCUT2D eigenvalue weighted by Crippen LogP contribution is -2.46. The minimum atomic E-state index is -0.775. The van der Waals surface area contributed by atoms with Crippen LogP contribution in [0.3, 0.4) is 0 Å². The van der Waals surface area contributed by atoms with E-state index >= 15 is 0 Å². The molecule has 0 spiro atoms. The monoisotopic (exact) mass is 309 g/mol. The zero-order valence-electron chi connectivity index (χ0n) is 13.4. The molecule has 4 atom stereocenters. The standard InChI is InChI=1S/C15H23N3O4/c1-8-5-18(13(20)17-11(8)16)12-9-10(14(2,3)4)15(6-19,22-12)7-21-9/h5,9-10,12,19H,6-7H2,1-4H3,(H2,16,17,20)/t9-,10?,12+,15-/m0/s1. The Morgan fingerprint density at radius 3 is 2.77 bits per heavy atom. The van der Waals surface area contributed by atoms with Crippen molar-refractivity contribution in [2.75, 3.05) is 18.9 Å². The van der Waals surface area contributed by atoms with E-state index in [9.17, 15) is 9.90 Å². The highest BCUT2D eigenvalue weighted by molar-refractivity contribution is 5.35. The zero-order chi connectivity index (χ0) is 16.3. The molecule has 0 amide bonds. The van der Waals surface area contributed by atoms with Crippen molar-refractivity contribution in [1.29, 1.82) is 0 Å². The normalized spacial score (nSPS) is 34.3. The van der Waals surface area contributed by atoms with Gasteiger partial charge in [-0.2, -0.15) is 4.98 Å². The summed E-state index contributed by atoms with van der Waals surface area (Å²) in [5.41, 5.74) is 5.01. The number of nitrogen functional groups attached to an aromatic ring is 1. The zero-order valence-corrected chi connectivity index (χ0v) is 13.4. The van der Waals surface area contributed by atoms with E-state index in [0.717, 1.165) is 0 Å². The third-order valence-corrected chi connectivity index (χ3v) is 4.70. The maximum atomic E-state index is 12.2. The number of aromatic nitrogens is 2. The van der Waals surface area contributed by atoms with Gasteiger partial charge in [0.05, 0.1) is 13.2 Å². The molecule has 2 fully saturated rings. The highest BCUT2D eigenvalue weighted by Crippen LogP contribution is 2.55. The summed E-state index contributed by atoms with van der Waals surface area (Å²) in [5.74, 6) is 0.203. The number of nitrogens with two attached hydrogens (primary N) is 1. The summed E-state index contributed by atoms with van der Waals surface area (Å²) < 4.78 is 13.4. The van der Waals surface area contributed by atoms with Gasteiger partial charge in [-0.1, -0.05) is 20.8 Å². The molecule has 3 rings (SSSR count). The molecule has 1 aromatic heterocycles. The van der Waals surface area contributed by atoms with E-state index in [1.54, 1.807) is 13.1 Å². The highest BCUT2D eigenvalue weighted by atomic mass is 16.6. The second-order valence-electron chi connectivity index (χ2n) is 7.35. The van der Waals surface area contributed by atoms with Crippen molar-refractivity contribution in [2.45, 2.75) is 45.6 Å². The molecule has 3 N–H and O–H groups in total. The number of nitrogens with zero attached hydrogens (tertiary/aromatic N) is 2. The van der Waals surface area contributed by atoms with Crippen molar-refractivity contribution in [3.63, 3.8) is 0 Å². The van der Waals surface area contributed by atoms with Crippen LogP contribution < -0.4 is 11.4 Å². The fourth-order valence-electron chi connectivity index (χ4n) is 3.82. The van der Waals surface area contributed by atoms with Gasteiger partial charge >= 0.3 is 5.69 Å². The summed E-state index contributed by atoms with van der Waals surface area (Å²) in [5, 5.41) is 9.88. The number of fused-ring (bicyclic) bond motifs is 2. The van der Waals surface area contributed by atoms with Gasteiger partial charge in [-0.25, -0.2) is 4.79 Å². The van der Waals surface area contributed by atoms with E-state index in [1.165, 1.54) is 4.57 Å². The number of hydrogen-bond donors (Lipinski definition) is 2. The van der Waals surface area contributed by atoms with Crippen molar-refractivity contribution in [3.8, 4) is 0 Å². The number of rotatable bonds is 2. The number of hydrogen-bond acceptors (Lipinski definition) is 6. The van der Waals surface area contributed by atoms with Gasteiger partial charge in [0.2, 0.25) is 0 Å². The van der Waals surface area contributed by atoms with Crippen LogP contribution >= 0.6 is 0 Å². The molecule has 1 aromatic rings. The Morgan fingerprint density at radius 2 is 2.23 bits per heavy atom. The van der Waals surface area contributed by atoms with Gasteiger partial charge in [-0.05, 0) is 12.3 Å². The van der Waals surface area contributed by atoms with Gasteiger partial charge in [-0.3, -0.25) is 4.57 Å². The van der Waals surface area contributed by atoms with Crippen LogP contribution in [0.25, 0.3) is 0 Å². The Kier molecular flexibility index (Phi) is 3.36. The Hall–Kier alpha value is -1.44. The molecule has 0 aliphatic carbocycles. The molecule has 0 aromatic carbocycles. The maximum Gasteiger partial charge on any atom is 0.351 e. The third kappa shape index (κ3) is 2.07. The first-order valence-corrected chi connectivity index (χ1v) is 7.45. The largest absolute Gasteiger partial charge is 0.393 e. The summed E-state index contributed by atoms with van der Waals surface area (Å²) in [6, 6.07) is 0. The molecular weight excluding hydrogens is 286 g/mol. The van der Waals surface area contributed by atoms with Crippen molar-refractivity contribution < 1.29 is 14.6 Å². The average Bonchev–Trinajstić information content (AvgIpc) is 2.96. The van der Waals surface area contributed by atoms with Gasteiger partial charge in [0, 0.05) is 17.7 Å². The van der Waals surface area contributed by atoms with Crippen molar-refractivity contribution >= 4 is 5.82 Å². The van der Waals surface area contributed by atoms with Crippen molar-refractivity contribution in [3.05, 3.63) is 22.2 Å². The predicted octanol–water partition coefficient (Wildman–Crippen LogP) is 0.455. The van der Waals surface area contributed by atoms with Gasteiger partial charge in [0.25, 0.3) is 0 Å². The quantitative estimate of drug-likeness (QED) is 0.823. The van der Waals surface area contributed by atoms with Crippen LogP contribution in [0.5, 0.6) is 0 Å². The van der Waals surface area contributed by atoms with Crippen molar-refractivity contribution in [1.82, 2.24) is 9.55 Å². The van der Waals surface area contributed by atoms with E-state index in [1.807, 2.05) is 0 Å². The second-order valence-corrected chi connectivity index (χ2v) is 7.35. The molecule has 7 nitrogen and oxygen atoms in total. The molecule has 0 radical (unpaired) electrons. The van der Waals surface area contributed by atoms with Crippen LogP contribution in [-0.4, -0.2) is 39.6 Å². The summed E-state index contributed by atoms with van der Waals surface area (Å²) in [4.78, 5) is 16.0. The van der Waals surface area contributed by atoms with Gasteiger partial charge < -0.3 is 20.3 Å². The molecule has 22 heavy (non-hydrogen) atoms. The highest BCUT2D eigenvalue weighted by Gasteiger charge is 2.65. The number of aliphatic hydroxyl groups is 1. The van der Waals surface area contributed by atoms with Crippen LogP contribution in [-0.2, 0) is 9.47 Å². The summed E-state index contributed by atoms with van der Waals surface area (Å²) >= 11 is 0. The lowest BCUT2D eigenvalue weighted by atomic mass is 9.71. The van der Waals surface area contributed by atoms with Crippen LogP contribution in [0.2, 0.25) is 0 Å². The second kappa shape index (κ2) is 4.78. The van der Waals surface area contributed by atoms with Crippen LogP contribution in [0, 0.1) is 18.3 Å². The molecule has 2 aliphatic rings. The average molecular weight is 309 g/mol. The first-order valence-electron chi connectivity index (χ1n) is 7.45. The first-order chi connectivity index (χ1) is 10.2. The van der Waals surface area contributed by atoms with Gasteiger partial charge in [-0.15, -0.1) is 0 Å². The number of anilines is 1.